The van der Waals surface area contributed by atoms with Gasteiger partial charge in [-0.3, -0.25) is 4.79 Å². The van der Waals surface area contributed by atoms with Crippen LogP contribution in [0.4, 0.5) is 0 Å². The summed E-state index contributed by atoms with van der Waals surface area (Å²) in [5, 5.41) is 22.1. The first-order valence-corrected chi connectivity index (χ1v) is 11.8. The number of hydrogen-bond donors (Lipinski definition) is 2. The Balaban J connectivity index is 1.48. The maximum absolute atomic E-state index is 13.0. The van der Waals surface area contributed by atoms with Gasteiger partial charge < -0.3 is 19.8 Å². The first-order valence-electron chi connectivity index (χ1n) is 11.8. The molecule has 1 saturated heterocycles. The Labute approximate surface area is 185 Å². The molecule has 7 atom stereocenters. The number of carbonyl (C=O) groups excluding carboxylic acids is 1. The molecule has 0 spiro atoms. The highest BCUT2D eigenvalue weighted by Crippen LogP contribution is 2.64. The number of piperidine rings is 1. The molecule has 0 aromatic heterocycles. The fraction of sp³-hybridized carbons (Fsp3) is 0.654. The lowest BCUT2D eigenvalue weighted by Crippen LogP contribution is -2.59. The summed E-state index contributed by atoms with van der Waals surface area (Å²) >= 11 is 0. The summed E-state index contributed by atoms with van der Waals surface area (Å²) in [5.41, 5.74) is 1.78. The number of likely N-dealkylation sites (tertiary alicyclic amines) is 1. The zero-order valence-corrected chi connectivity index (χ0v) is 18.9. The topological polar surface area (TPSA) is 70.0 Å². The van der Waals surface area contributed by atoms with E-state index in [0.29, 0.717) is 31.2 Å². The lowest BCUT2D eigenvalue weighted by Gasteiger charge is -2.60. The van der Waals surface area contributed by atoms with Gasteiger partial charge in [0.25, 0.3) is 0 Å². The lowest BCUT2D eigenvalue weighted by atomic mass is 9.48. The molecule has 5 nitrogen and oxygen atoms in total. The van der Waals surface area contributed by atoms with Crippen LogP contribution in [-0.4, -0.2) is 40.3 Å². The number of rotatable bonds is 3. The summed E-state index contributed by atoms with van der Waals surface area (Å²) in [6, 6.07) is 7.91. The molecule has 3 aliphatic carbocycles. The van der Waals surface area contributed by atoms with Gasteiger partial charge in [-0.05, 0) is 73.0 Å². The Morgan fingerprint density at radius 2 is 1.90 bits per heavy atom. The average Bonchev–Trinajstić information content (AvgIpc) is 3.04. The largest absolute Gasteiger partial charge is 0.497 e. The molecule has 1 amide bonds. The lowest BCUT2D eigenvalue weighted by molar-refractivity contribution is -0.153. The van der Waals surface area contributed by atoms with E-state index >= 15 is 0 Å². The Morgan fingerprint density at radius 1 is 1.16 bits per heavy atom. The van der Waals surface area contributed by atoms with Gasteiger partial charge in [0, 0.05) is 17.5 Å². The van der Waals surface area contributed by atoms with Gasteiger partial charge in [0.05, 0.1) is 25.9 Å². The monoisotopic (exact) mass is 425 g/mol. The fourth-order valence-electron chi connectivity index (χ4n) is 7.64. The second-order valence-electron chi connectivity index (χ2n) is 10.7. The van der Waals surface area contributed by atoms with Crippen LogP contribution in [0.5, 0.6) is 5.75 Å². The number of benzene rings is 1. The van der Waals surface area contributed by atoms with Crippen LogP contribution in [0, 0.1) is 28.6 Å². The molecular formula is C26H35NO4. The molecule has 1 aromatic carbocycles. The van der Waals surface area contributed by atoms with Crippen molar-refractivity contribution >= 4 is 5.91 Å². The van der Waals surface area contributed by atoms with Crippen LogP contribution in [0.15, 0.2) is 36.0 Å². The number of hydrogen-bond acceptors (Lipinski definition) is 4. The van der Waals surface area contributed by atoms with Crippen LogP contribution in [0.3, 0.4) is 0 Å². The number of methoxy groups -OCH3 is 1. The maximum atomic E-state index is 13.0. The number of nitrogens with zero attached hydrogens (tertiary/aromatic N) is 1. The molecule has 5 heteroatoms. The van der Waals surface area contributed by atoms with E-state index in [9.17, 15) is 15.0 Å². The highest BCUT2D eigenvalue weighted by atomic mass is 16.5. The van der Waals surface area contributed by atoms with E-state index < -0.39 is 6.10 Å². The second-order valence-corrected chi connectivity index (χ2v) is 10.7. The first-order chi connectivity index (χ1) is 14.8. The number of carbonyl (C=O) groups is 1. The zero-order chi connectivity index (χ0) is 22.0. The van der Waals surface area contributed by atoms with Crippen LogP contribution in [0.2, 0.25) is 0 Å². The number of allylic oxidation sites excluding steroid dienone is 2. The van der Waals surface area contributed by atoms with Crippen LogP contribution >= 0.6 is 0 Å². The molecule has 1 heterocycles. The van der Waals surface area contributed by atoms with Crippen molar-refractivity contribution in [1.29, 1.82) is 0 Å². The van der Waals surface area contributed by atoms with Crippen molar-refractivity contribution in [2.75, 3.05) is 7.11 Å². The van der Waals surface area contributed by atoms with Crippen molar-refractivity contribution in [2.24, 2.45) is 28.6 Å². The van der Waals surface area contributed by atoms with Crippen molar-refractivity contribution < 1.29 is 19.7 Å². The minimum absolute atomic E-state index is 0.141. The molecule has 1 aromatic rings. The van der Waals surface area contributed by atoms with Crippen molar-refractivity contribution in [2.45, 2.75) is 71.1 Å². The third-order valence-electron chi connectivity index (χ3n) is 9.26. The molecule has 5 rings (SSSR count). The summed E-state index contributed by atoms with van der Waals surface area (Å²) in [6.07, 6.45) is 6.26. The average molecular weight is 426 g/mol. The van der Waals surface area contributed by atoms with Gasteiger partial charge in [-0.1, -0.05) is 32.1 Å². The molecule has 0 radical (unpaired) electrons. The molecule has 2 N–H and O–H groups in total. The summed E-state index contributed by atoms with van der Waals surface area (Å²) in [6.45, 7) is 4.99. The standard InChI is InChI=1S/C26H35NO4/c1-25-13-12-23(30)27(15-16-4-6-17(31-3)7-5-16)21(25)10-8-18-19-9-11-22(29)26(19,2)14-20(28)24(18)25/h4-7,10,18-20,22,24,28-29H,8-9,11-15H2,1-3H3/t18-,19-,20?,22-,24?,25-,26-/m0/s1. The van der Waals surface area contributed by atoms with Gasteiger partial charge >= 0.3 is 0 Å². The van der Waals surface area contributed by atoms with E-state index in [4.69, 9.17) is 4.74 Å². The molecule has 4 aliphatic rings. The van der Waals surface area contributed by atoms with E-state index in [1.807, 2.05) is 29.2 Å². The smallest absolute Gasteiger partial charge is 0.227 e. The Kier molecular flexibility index (Phi) is 4.98. The predicted molar refractivity (Wildman–Crippen MR) is 118 cm³/mol. The molecular weight excluding hydrogens is 390 g/mol. The van der Waals surface area contributed by atoms with Crippen LogP contribution in [0.1, 0.15) is 57.9 Å². The minimum Gasteiger partial charge on any atom is -0.497 e. The number of aliphatic hydroxyl groups excluding tert-OH is 2. The summed E-state index contributed by atoms with van der Waals surface area (Å²) < 4.78 is 5.27. The normalized spacial score (nSPS) is 41.8. The highest BCUT2D eigenvalue weighted by molar-refractivity contribution is 5.80. The summed E-state index contributed by atoms with van der Waals surface area (Å²) in [5.74, 6) is 1.94. The van der Waals surface area contributed by atoms with Crippen LogP contribution in [-0.2, 0) is 11.3 Å². The summed E-state index contributed by atoms with van der Waals surface area (Å²) in [4.78, 5) is 15.0. The molecule has 0 bridgehead atoms. The third-order valence-corrected chi connectivity index (χ3v) is 9.26. The van der Waals surface area contributed by atoms with E-state index in [1.54, 1.807) is 7.11 Å². The van der Waals surface area contributed by atoms with E-state index in [0.717, 1.165) is 42.7 Å². The van der Waals surface area contributed by atoms with Gasteiger partial charge in [0.1, 0.15) is 5.75 Å². The zero-order valence-electron chi connectivity index (χ0n) is 18.9. The minimum atomic E-state index is -0.441. The number of aliphatic hydroxyl groups is 2. The number of ether oxygens (including phenoxy) is 1. The van der Waals surface area contributed by atoms with E-state index in [-0.39, 0.29) is 28.8 Å². The van der Waals surface area contributed by atoms with E-state index in [2.05, 4.69) is 19.9 Å². The van der Waals surface area contributed by atoms with Gasteiger partial charge in [-0.15, -0.1) is 0 Å². The van der Waals surface area contributed by atoms with Gasteiger partial charge in [-0.25, -0.2) is 0 Å². The number of amides is 1. The van der Waals surface area contributed by atoms with Crippen molar-refractivity contribution in [3.05, 3.63) is 41.6 Å². The Bertz CT molecular complexity index is 895. The first kappa shape index (κ1) is 21.0. The third kappa shape index (κ3) is 3.07. The Hall–Kier alpha value is -1.85. The molecule has 2 unspecified atom stereocenters. The van der Waals surface area contributed by atoms with Crippen molar-refractivity contribution in [3.63, 3.8) is 0 Å². The number of fused-ring (bicyclic) bond motifs is 5. The quantitative estimate of drug-likeness (QED) is 0.771. The highest BCUT2D eigenvalue weighted by Gasteiger charge is 2.62. The molecule has 3 fully saturated rings. The second kappa shape index (κ2) is 7.35. The SMILES string of the molecule is COc1ccc(CN2C(=O)CC[C@@]3(C)C2=CC[C@@H]2C3C(O)C[C@]3(C)[C@@H](O)CC[C@@H]23)cc1. The Morgan fingerprint density at radius 3 is 2.61 bits per heavy atom. The van der Waals surface area contributed by atoms with Gasteiger partial charge in [-0.2, -0.15) is 0 Å². The van der Waals surface area contributed by atoms with Crippen LogP contribution in [0.25, 0.3) is 0 Å². The molecule has 2 saturated carbocycles. The maximum Gasteiger partial charge on any atom is 0.227 e. The molecule has 31 heavy (non-hydrogen) atoms. The van der Waals surface area contributed by atoms with Crippen molar-refractivity contribution in [3.8, 4) is 5.75 Å². The fourth-order valence-corrected chi connectivity index (χ4v) is 7.64. The van der Waals surface area contributed by atoms with Crippen LogP contribution < -0.4 is 4.74 Å². The molecule has 1 aliphatic heterocycles. The van der Waals surface area contributed by atoms with E-state index in [1.165, 1.54) is 0 Å². The summed E-state index contributed by atoms with van der Waals surface area (Å²) in [7, 11) is 1.65. The molecule has 168 valence electrons. The van der Waals surface area contributed by atoms with Gasteiger partial charge in [0.2, 0.25) is 5.91 Å². The predicted octanol–water partition coefficient (Wildman–Crippen LogP) is 3.89. The van der Waals surface area contributed by atoms with Crippen molar-refractivity contribution in [1.82, 2.24) is 4.90 Å². The van der Waals surface area contributed by atoms with Gasteiger partial charge in [0.15, 0.2) is 0 Å².